The second kappa shape index (κ2) is 4.75. The Morgan fingerprint density at radius 3 is 2.53 bits per heavy atom. The van der Waals surface area contributed by atoms with Gasteiger partial charge in [-0.05, 0) is 27.7 Å². The average molecular weight is 261 g/mol. The molecule has 7 heteroatoms. The first-order chi connectivity index (χ1) is 8.87. The van der Waals surface area contributed by atoms with Crippen molar-refractivity contribution in [1.29, 1.82) is 0 Å². The van der Waals surface area contributed by atoms with E-state index in [1.165, 1.54) is 0 Å². The van der Waals surface area contributed by atoms with Gasteiger partial charge in [-0.1, -0.05) is 0 Å². The van der Waals surface area contributed by atoms with E-state index >= 15 is 0 Å². The number of esters is 1. The Kier molecular flexibility index (Phi) is 3.28. The van der Waals surface area contributed by atoms with E-state index in [0.717, 1.165) is 5.69 Å². The summed E-state index contributed by atoms with van der Waals surface area (Å²) >= 11 is 0. The summed E-state index contributed by atoms with van der Waals surface area (Å²) in [6.07, 6.45) is 3.14. The number of hydrogen-bond donors (Lipinski definition) is 1. The highest BCUT2D eigenvalue weighted by atomic mass is 16.6. The van der Waals surface area contributed by atoms with Gasteiger partial charge in [0.05, 0.1) is 11.9 Å². The lowest BCUT2D eigenvalue weighted by atomic mass is 10.2. The molecular weight excluding hydrogens is 246 g/mol. The van der Waals surface area contributed by atoms with Crippen LogP contribution in [0.1, 0.15) is 37.0 Å². The van der Waals surface area contributed by atoms with Crippen molar-refractivity contribution in [2.24, 2.45) is 0 Å². The highest BCUT2D eigenvalue weighted by Crippen LogP contribution is 2.19. The van der Waals surface area contributed by atoms with Gasteiger partial charge in [0, 0.05) is 6.20 Å². The van der Waals surface area contributed by atoms with Crippen LogP contribution in [0.3, 0.4) is 0 Å². The summed E-state index contributed by atoms with van der Waals surface area (Å²) in [6.45, 7) is 7.19. The van der Waals surface area contributed by atoms with Crippen LogP contribution in [-0.4, -0.2) is 36.9 Å². The Labute approximate surface area is 110 Å². The lowest BCUT2D eigenvalue weighted by Crippen LogP contribution is -2.24. The molecule has 0 saturated carbocycles. The second-order valence-corrected chi connectivity index (χ2v) is 5.07. The van der Waals surface area contributed by atoms with Crippen molar-refractivity contribution in [2.75, 3.05) is 0 Å². The van der Waals surface area contributed by atoms with Gasteiger partial charge >= 0.3 is 5.97 Å². The van der Waals surface area contributed by atoms with Crippen LogP contribution in [0.5, 0.6) is 0 Å². The monoisotopic (exact) mass is 261 g/mol. The van der Waals surface area contributed by atoms with Crippen LogP contribution in [0.4, 0.5) is 0 Å². The van der Waals surface area contributed by atoms with E-state index in [1.54, 1.807) is 33.2 Å². The molecule has 0 fully saturated rings. The maximum Gasteiger partial charge on any atom is 0.361 e. The molecule has 7 nitrogen and oxygen atoms in total. The maximum atomic E-state index is 12.0. The van der Waals surface area contributed by atoms with Crippen LogP contribution in [0.25, 0.3) is 11.4 Å². The highest BCUT2D eigenvalue weighted by Gasteiger charge is 2.24. The van der Waals surface area contributed by atoms with Crippen LogP contribution in [0.2, 0.25) is 0 Å². The van der Waals surface area contributed by atoms with Crippen LogP contribution in [0, 0.1) is 6.92 Å². The topological polar surface area (TPSA) is 93.7 Å². The summed E-state index contributed by atoms with van der Waals surface area (Å²) in [4.78, 5) is 20.3. The summed E-state index contributed by atoms with van der Waals surface area (Å²) in [7, 11) is 0. The summed E-state index contributed by atoms with van der Waals surface area (Å²) in [5.41, 5.74) is 1.10. The molecule has 0 bridgehead atoms. The van der Waals surface area contributed by atoms with Gasteiger partial charge in [-0.2, -0.15) is 10.3 Å². The summed E-state index contributed by atoms with van der Waals surface area (Å²) in [5, 5.41) is 10.2. The molecule has 0 spiro atoms. The largest absolute Gasteiger partial charge is 0.455 e. The molecule has 2 aromatic rings. The highest BCUT2D eigenvalue weighted by molar-refractivity contribution is 5.93. The number of nitrogens with one attached hydrogen (secondary N) is 1. The van der Waals surface area contributed by atoms with Crippen molar-refractivity contribution in [1.82, 2.24) is 25.4 Å². The zero-order valence-electron chi connectivity index (χ0n) is 11.3. The first kappa shape index (κ1) is 13.1. The molecule has 0 aliphatic carbocycles. The van der Waals surface area contributed by atoms with E-state index in [-0.39, 0.29) is 5.69 Å². The molecule has 0 unspecified atom stereocenters. The molecule has 2 heterocycles. The molecule has 0 saturated heterocycles. The number of aromatic amines is 1. The van der Waals surface area contributed by atoms with Crippen molar-refractivity contribution >= 4 is 5.97 Å². The Balaban J connectivity index is 2.32. The molecule has 0 aliphatic heterocycles. The number of ether oxygens (including phenoxy) is 1. The van der Waals surface area contributed by atoms with Gasteiger partial charge in [0.25, 0.3) is 0 Å². The number of aryl methyl sites for hydroxylation is 1. The fourth-order valence-corrected chi connectivity index (χ4v) is 1.39. The molecular formula is C12H15N5O2. The second-order valence-electron chi connectivity index (χ2n) is 5.07. The number of aromatic nitrogens is 5. The van der Waals surface area contributed by atoms with Gasteiger partial charge in [0.2, 0.25) is 0 Å². The molecule has 2 rings (SSSR count). The van der Waals surface area contributed by atoms with Crippen LogP contribution in [-0.2, 0) is 4.74 Å². The van der Waals surface area contributed by atoms with Crippen LogP contribution in [0.15, 0.2) is 12.4 Å². The van der Waals surface area contributed by atoms with Gasteiger partial charge in [-0.3, -0.25) is 9.97 Å². The fraction of sp³-hybridized carbons (Fsp3) is 0.417. The minimum absolute atomic E-state index is 0.105. The number of hydrogen-bond acceptors (Lipinski definition) is 6. The van der Waals surface area contributed by atoms with E-state index < -0.39 is 11.6 Å². The molecule has 2 aromatic heterocycles. The molecule has 0 aromatic carbocycles. The molecule has 100 valence electrons. The zero-order chi connectivity index (χ0) is 14.0. The van der Waals surface area contributed by atoms with E-state index in [9.17, 15) is 4.79 Å². The number of H-pyrrole nitrogens is 1. The standard InChI is InChI=1S/C12H15N5O2/c1-7-5-14-8(6-13-7)9-10(16-17-15-9)11(18)19-12(2,3)4/h5-6H,1-4H3,(H,15,16,17). The van der Waals surface area contributed by atoms with Crippen LogP contribution >= 0.6 is 0 Å². The van der Waals surface area contributed by atoms with E-state index in [4.69, 9.17) is 4.74 Å². The normalized spacial score (nSPS) is 11.4. The Morgan fingerprint density at radius 1 is 1.21 bits per heavy atom. The fourth-order valence-electron chi connectivity index (χ4n) is 1.39. The molecule has 0 amide bonds. The van der Waals surface area contributed by atoms with Gasteiger partial charge in [0.1, 0.15) is 17.0 Å². The van der Waals surface area contributed by atoms with E-state index in [1.807, 2.05) is 6.92 Å². The third-order valence-electron chi connectivity index (χ3n) is 2.16. The predicted molar refractivity (Wildman–Crippen MR) is 67.3 cm³/mol. The minimum Gasteiger partial charge on any atom is -0.455 e. The molecule has 0 atom stereocenters. The van der Waals surface area contributed by atoms with Crippen molar-refractivity contribution in [3.05, 3.63) is 23.8 Å². The third-order valence-corrected chi connectivity index (χ3v) is 2.16. The first-order valence-corrected chi connectivity index (χ1v) is 5.80. The minimum atomic E-state index is -0.591. The predicted octanol–water partition coefficient (Wildman–Crippen LogP) is 1.53. The lowest BCUT2D eigenvalue weighted by molar-refractivity contribution is 0.00637. The van der Waals surface area contributed by atoms with Crippen molar-refractivity contribution < 1.29 is 9.53 Å². The SMILES string of the molecule is Cc1cnc(-c2n[nH]nc2C(=O)OC(C)(C)C)cn1. The number of nitrogens with zero attached hydrogens (tertiary/aromatic N) is 4. The summed E-state index contributed by atoms with van der Waals surface area (Å²) in [6, 6.07) is 0. The number of carbonyl (C=O) groups is 1. The number of rotatable bonds is 2. The van der Waals surface area contributed by atoms with E-state index in [2.05, 4.69) is 25.4 Å². The van der Waals surface area contributed by atoms with Crippen molar-refractivity contribution in [2.45, 2.75) is 33.3 Å². The quantitative estimate of drug-likeness (QED) is 0.824. The Hall–Kier alpha value is -2.31. The smallest absolute Gasteiger partial charge is 0.361 e. The third kappa shape index (κ3) is 3.12. The summed E-state index contributed by atoms with van der Waals surface area (Å²) in [5.74, 6) is -0.543. The molecule has 0 aliphatic rings. The maximum absolute atomic E-state index is 12.0. The van der Waals surface area contributed by atoms with Gasteiger partial charge in [0.15, 0.2) is 5.69 Å². The van der Waals surface area contributed by atoms with Gasteiger partial charge in [-0.15, -0.1) is 5.10 Å². The molecule has 1 N–H and O–H groups in total. The van der Waals surface area contributed by atoms with Gasteiger partial charge in [-0.25, -0.2) is 4.79 Å². The molecule has 0 radical (unpaired) electrons. The number of carbonyl (C=O) groups excluding carboxylic acids is 1. The lowest BCUT2D eigenvalue weighted by Gasteiger charge is -2.18. The summed E-state index contributed by atoms with van der Waals surface area (Å²) < 4.78 is 5.26. The van der Waals surface area contributed by atoms with Gasteiger partial charge < -0.3 is 4.74 Å². The molecule has 19 heavy (non-hydrogen) atoms. The van der Waals surface area contributed by atoms with Crippen molar-refractivity contribution in [3.63, 3.8) is 0 Å². The zero-order valence-corrected chi connectivity index (χ0v) is 11.3. The van der Waals surface area contributed by atoms with E-state index in [0.29, 0.717) is 11.4 Å². The Bertz CT molecular complexity index is 583. The Morgan fingerprint density at radius 2 is 1.95 bits per heavy atom. The first-order valence-electron chi connectivity index (χ1n) is 5.80. The van der Waals surface area contributed by atoms with Crippen LogP contribution < -0.4 is 0 Å². The average Bonchev–Trinajstić information content (AvgIpc) is 2.76. The van der Waals surface area contributed by atoms with Crippen molar-refractivity contribution in [3.8, 4) is 11.4 Å².